The Bertz CT molecular complexity index is 376. The zero-order chi connectivity index (χ0) is 14.3. The van der Waals surface area contributed by atoms with Gasteiger partial charge < -0.3 is 9.64 Å². The summed E-state index contributed by atoms with van der Waals surface area (Å²) in [5.74, 6) is 0.439. The van der Waals surface area contributed by atoms with Crippen molar-refractivity contribution in [3.8, 4) is 0 Å². The van der Waals surface area contributed by atoms with Gasteiger partial charge in [-0.25, -0.2) is 4.79 Å². The molecule has 0 aliphatic heterocycles. The highest BCUT2D eigenvalue weighted by Gasteiger charge is 2.23. The number of rotatable bonds is 6. The molecule has 3 nitrogen and oxygen atoms in total. The molecule has 0 aliphatic carbocycles. The molecular formula is C16H25NO2. The van der Waals surface area contributed by atoms with Gasteiger partial charge in [-0.15, -0.1) is 0 Å². The van der Waals surface area contributed by atoms with E-state index in [0.717, 1.165) is 18.4 Å². The van der Waals surface area contributed by atoms with E-state index in [1.54, 1.807) is 4.90 Å². The normalized spacial score (nSPS) is 12.3. The van der Waals surface area contributed by atoms with Crippen LogP contribution in [-0.2, 0) is 11.3 Å². The summed E-state index contributed by atoms with van der Waals surface area (Å²) >= 11 is 0. The highest BCUT2D eigenvalue weighted by molar-refractivity contribution is 5.67. The van der Waals surface area contributed by atoms with Crippen molar-refractivity contribution >= 4 is 6.09 Å². The number of hydrogen-bond acceptors (Lipinski definition) is 2. The summed E-state index contributed by atoms with van der Waals surface area (Å²) in [6.45, 7) is 6.75. The van der Waals surface area contributed by atoms with Gasteiger partial charge in [0.15, 0.2) is 0 Å². The fourth-order valence-corrected chi connectivity index (χ4v) is 2.23. The van der Waals surface area contributed by atoms with E-state index in [4.69, 9.17) is 4.74 Å². The van der Waals surface area contributed by atoms with Crippen LogP contribution in [0.5, 0.6) is 0 Å². The molecule has 0 fully saturated rings. The molecule has 0 radical (unpaired) electrons. The topological polar surface area (TPSA) is 29.5 Å². The Hall–Kier alpha value is -1.51. The van der Waals surface area contributed by atoms with Crippen molar-refractivity contribution in [2.45, 2.75) is 46.3 Å². The molecule has 0 unspecified atom stereocenters. The Labute approximate surface area is 116 Å². The van der Waals surface area contributed by atoms with Crippen LogP contribution >= 0.6 is 0 Å². The third-order valence-electron chi connectivity index (χ3n) is 3.34. The highest BCUT2D eigenvalue weighted by Crippen LogP contribution is 2.16. The van der Waals surface area contributed by atoms with Gasteiger partial charge in [-0.2, -0.15) is 0 Å². The molecule has 0 heterocycles. The van der Waals surface area contributed by atoms with Gasteiger partial charge in [0.2, 0.25) is 0 Å². The van der Waals surface area contributed by atoms with Gasteiger partial charge >= 0.3 is 6.09 Å². The summed E-state index contributed by atoms with van der Waals surface area (Å²) in [5.41, 5.74) is 1.01. The van der Waals surface area contributed by atoms with E-state index in [1.165, 1.54) is 0 Å². The Kier molecular flexibility index (Phi) is 6.40. The van der Waals surface area contributed by atoms with Gasteiger partial charge in [0.1, 0.15) is 6.61 Å². The second-order valence-electron chi connectivity index (χ2n) is 5.25. The van der Waals surface area contributed by atoms with Crippen LogP contribution in [0.4, 0.5) is 4.79 Å². The lowest BCUT2D eigenvalue weighted by molar-refractivity contribution is 0.0799. The first-order valence-electron chi connectivity index (χ1n) is 6.99. The quantitative estimate of drug-likeness (QED) is 0.774. The molecule has 1 aromatic carbocycles. The Morgan fingerprint density at radius 2 is 1.89 bits per heavy atom. The van der Waals surface area contributed by atoms with E-state index in [9.17, 15) is 4.79 Å². The maximum Gasteiger partial charge on any atom is 0.410 e. The number of hydrogen-bond donors (Lipinski definition) is 0. The summed E-state index contributed by atoms with van der Waals surface area (Å²) in [7, 11) is 1.83. The fraction of sp³-hybridized carbons (Fsp3) is 0.562. The van der Waals surface area contributed by atoms with Crippen LogP contribution in [0.3, 0.4) is 0 Å². The number of nitrogens with zero attached hydrogens (tertiary/aromatic N) is 1. The number of amides is 1. The molecule has 1 aromatic rings. The van der Waals surface area contributed by atoms with Gasteiger partial charge in [-0.3, -0.25) is 0 Å². The third kappa shape index (κ3) is 4.93. The van der Waals surface area contributed by atoms with Crippen LogP contribution in [0.1, 0.15) is 39.2 Å². The summed E-state index contributed by atoms with van der Waals surface area (Å²) in [4.78, 5) is 13.8. The zero-order valence-electron chi connectivity index (χ0n) is 12.4. The second kappa shape index (κ2) is 7.82. The largest absolute Gasteiger partial charge is 0.445 e. The lowest BCUT2D eigenvalue weighted by Gasteiger charge is -2.30. The van der Waals surface area contributed by atoms with Gasteiger partial charge in [0.05, 0.1) is 0 Å². The Balaban J connectivity index is 2.52. The lowest BCUT2D eigenvalue weighted by atomic mass is 9.99. The molecule has 0 bridgehead atoms. The van der Waals surface area contributed by atoms with Gasteiger partial charge in [0.25, 0.3) is 0 Å². The predicted molar refractivity (Wildman–Crippen MR) is 77.9 cm³/mol. The molecule has 0 aromatic heterocycles. The number of benzene rings is 1. The molecule has 3 heteroatoms. The molecule has 0 aliphatic rings. The zero-order valence-corrected chi connectivity index (χ0v) is 12.4. The van der Waals surface area contributed by atoms with Crippen molar-refractivity contribution in [2.24, 2.45) is 5.92 Å². The van der Waals surface area contributed by atoms with Crippen molar-refractivity contribution in [2.75, 3.05) is 7.05 Å². The van der Waals surface area contributed by atoms with Crippen molar-refractivity contribution < 1.29 is 9.53 Å². The maximum atomic E-state index is 12.0. The van der Waals surface area contributed by atoms with E-state index in [2.05, 4.69) is 20.8 Å². The molecule has 106 valence electrons. The Morgan fingerprint density at radius 3 is 2.42 bits per heavy atom. The molecule has 1 amide bonds. The number of carbonyl (C=O) groups excluding carboxylic acids is 1. The summed E-state index contributed by atoms with van der Waals surface area (Å²) in [6, 6.07) is 10.0. The number of carbonyl (C=O) groups is 1. The predicted octanol–water partition coefficient (Wildman–Crippen LogP) is 4.08. The summed E-state index contributed by atoms with van der Waals surface area (Å²) < 4.78 is 5.35. The van der Waals surface area contributed by atoms with E-state index in [0.29, 0.717) is 12.5 Å². The SMILES string of the molecule is CCC[C@H](C(C)C)N(C)C(=O)OCc1ccccc1. The first-order valence-corrected chi connectivity index (χ1v) is 6.99. The van der Waals surface area contributed by atoms with Crippen LogP contribution in [0, 0.1) is 5.92 Å². The van der Waals surface area contributed by atoms with E-state index in [-0.39, 0.29) is 12.1 Å². The molecule has 19 heavy (non-hydrogen) atoms. The van der Waals surface area contributed by atoms with Crippen molar-refractivity contribution in [3.05, 3.63) is 35.9 Å². The van der Waals surface area contributed by atoms with Gasteiger partial charge in [-0.1, -0.05) is 57.5 Å². The van der Waals surface area contributed by atoms with E-state index < -0.39 is 0 Å². The van der Waals surface area contributed by atoms with Crippen LogP contribution in [0.2, 0.25) is 0 Å². The summed E-state index contributed by atoms with van der Waals surface area (Å²) in [5, 5.41) is 0. The average Bonchev–Trinajstić information content (AvgIpc) is 2.42. The van der Waals surface area contributed by atoms with Gasteiger partial charge in [-0.05, 0) is 17.9 Å². The van der Waals surface area contributed by atoms with Crippen molar-refractivity contribution in [1.82, 2.24) is 4.90 Å². The molecule has 1 rings (SSSR count). The van der Waals surface area contributed by atoms with Crippen molar-refractivity contribution in [3.63, 3.8) is 0 Å². The van der Waals surface area contributed by atoms with Crippen LogP contribution < -0.4 is 0 Å². The van der Waals surface area contributed by atoms with Crippen LogP contribution in [0.15, 0.2) is 30.3 Å². The molecular weight excluding hydrogens is 238 g/mol. The number of ether oxygens (including phenoxy) is 1. The molecule has 0 saturated carbocycles. The maximum absolute atomic E-state index is 12.0. The lowest BCUT2D eigenvalue weighted by Crippen LogP contribution is -2.40. The standard InChI is InChI=1S/C16H25NO2/c1-5-9-15(13(2)3)17(4)16(18)19-12-14-10-7-6-8-11-14/h6-8,10-11,13,15H,5,9,12H2,1-4H3/t15-/m1/s1. The fourth-order valence-electron chi connectivity index (χ4n) is 2.23. The Morgan fingerprint density at radius 1 is 1.26 bits per heavy atom. The van der Waals surface area contributed by atoms with Crippen LogP contribution in [0.25, 0.3) is 0 Å². The molecule has 0 spiro atoms. The first-order chi connectivity index (χ1) is 9.06. The first kappa shape index (κ1) is 15.5. The minimum Gasteiger partial charge on any atom is -0.445 e. The summed E-state index contributed by atoms with van der Waals surface area (Å²) in [6.07, 6.45) is 1.84. The highest BCUT2D eigenvalue weighted by atomic mass is 16.6. The smallest absolute Gasteiger partial charge is 0.410 e. The second-order valence-corrected chi connectivity index (χ2v) is 5.25. The molecule has 0 N–H and O–H groups in total. The minimum atomic E-state index is -0.240. The molecule has 1 atom stereocenters. The molecule has 0 saturated heterocycles. The van der Waals surface area contributed by atoms with Crippen molar-refractivity contribution in [1.29, 1.82) is 0 Å². The van der Waals surface area contributed by atoms with Crippen LogP contribution in [-0.4, -0.2) is 24.1 Å². The third-order valence-corrected chi connectivity index (χ3v) is 3.34. The van der Waals surface area contributed by atoms with E-state index >= 15 is 0 Å². The average molecular weight is 263 g/mol. The monoisotopic (exact) mass is 263 g/mol. The van der Waals surface area contributed by atoms with E-state index in [1.807, 2.05) is 37.4 Å². The van der Waals surface area contributed by atoms with Gasteiger partial charge in [0, 0.05) is 13.1 Å². The minimum absolute atomic E-state index is 0.240.